The predicted molar refractivity (Wildman–Crippen MR) is 73.6 cm³/mol. The van der Waals surface area contributed by atoms with Crippen molar-refractivity contribution in [2.45, 2.75) is 45.1 Å². The van der Waals surface area contributed by atoms with Crippen LogP contribution in [0.3, 0.4) is 0 Å². The second kappa shape index (κ2) is 7.10. The Kier molecular flexibility index (Phi) is 5.45. The molecule has 0 aromatic carbocycles. The highest BCUT2D eigenvalue weighted by molar-refractivity contribution is 5.78. The van der Waals surface area contributed by atoms with Crippen LogP contribution in [0.15, 0.2) is 0 Å². The Morgan fingerprint density at radius 2 is 1.78 bits per heavy atom. The Bertz CT molecular complexity index is 262. The number of nitrogens with one attached hydrogen (secondary N) is 1. The fourth-order valence-electron chi connectivity index (χ4n) is 2.89. The van der Waals surface area contributed by atoms with Crippen molar-refractivity contribution in [3.05, 3.63) is 0 Å². The van der Waals surface area contributed by atoms with E-state index >= 15 is 0 Å². The van der Waals surface area contributed by atoms with E-state index in [0.29, 0.717) is 18.5 Å². The van der Waals surface area contributed by atoms with Crippen LogP contribution < -0.4 is 5.32 Å². The third-order valence-corrected chi connectivity index (χ3v) is 4.19. The minimum absolute atomic E-state index is 0.339. The van der Waals surface area contributed by atoms with Gasteiger partial charge in [-0.1, -0.05) is 19.3 Å². The standard InChI is InChI=1S/C14H27N3O/c1-13-11-15-7-10-17(13)12-14(18)16-8-5-3-2-4-6-9-16/h13,15H,2-12H2,1H3/t13-/m1/s1. The van der Waals surface area contributed by atoms with E-state index in [-0.39, 0.29) is 0 Å². The van der Waals surface area contributed by atoms with E-state index in [1.54, 1.807) is 0 Å². The van der Waals surface area contributed by atoms with E-state index in [0.717, 1.165) is 32.7 Å². The molecule has 4 nitrogen and oxygen atoms in total. The van der Waals surface area contributed by atoms with Crippen molar-refractivity contribution in [1.29, 1.82) is 0 Å². The largest absolute Gasteiger partial charge is 0.342 e. The lowest BCUT2D eigenvalue weighted by Crippen LogP contribution is -2.53. The zero-order valence-corrected chi connectivity index (χ0v) is 11.7. The zero-order chi connectivity index (χ0) is 12.8. The summed E-state index contributed by atoms with van der Waals surface area (Å²) in [6.45, 7) is 7.78. The maximum atomic E-state index is 12.3. The molecule has 18 heavy (non-hydrogen) atoms. The molecule has 2 fully saturated rings. The molecule has 0 spiro atoms. The van der Waals surface area contributed by atoms with Gasteiger partial charge >= 0.3 is 0 Å². The average Bonchev–Trinajstić information content (AvgIpc) is 2.31. The van der Waals surface area contributed by atoms with Crippen molar-refractivity contribution in [2.75, 3.05) is 39.3 Å². The second-order valence-electron chi connectivity index (χ2n) is 5.67. The molecule has 0 aliphatic carbocycles. The highest BCUT2D eigenvalue weighted by Gasteiger charge is 2.23. The Hall–Kier alpha value is -0.610. The van der Waals surface area contributed by atoms with Crippen molar-refractivity contribution in [3.8, 4) is 0 Å². The third kappa shape index (κ3) is 3.95. The van der Waals surface area contributed by atoms with Crippen molar-refractivity contribution < 1.29 is 4.79 Å². The third-order valence-electron chi connectivity index (χ3n) is 4.19. The van der Waals surface area contributed by atoms with E-state index in [2.05, 4.69) is 22.0 Å². The molecule has 2 aliphatic heterocycles. The minimum atomic E-state index is 0.339. The number of amides is 1. The summed E-state index contributed by atoms with van der Waals surface area (Å²) >= 11 is 0. The maximum absolute atomic E-state index is 12.3. The highest BCUT2D eigenvalue weighted by atomic mass is 16.2. The molecule has 1 N–H and O–H groups in total. The Morgan fingerprint density at radius 1 is 1.11 bits per heavy atom. The minimum Gasteiger partial charge on any atom is -0.342 e. The maximum Gasteiger partial charge on any atom is 0.236 e. The van der Waals surface area contributed by atoms with Gasteiger partial charge < -0.3 is 10.2 Å². The second-order valence-corrected chi connectivity index (χ2v) is 5.67. The van der Waals surface area contributed by atoms with E-state index < -0.39 is 0 Å². The Morgan fingerprint density at radius 3 is 2.44 bits per heavy atom. The molecular formula is C14H27N3O. The van der Waals surface area contributed by atoms with Crippen molar-refractivity contribution >= 4 is 5.91 Å². The first-order valence-corrected chi connectivity index (χ1v) is 7.50. The van der Waals surface area contributed by atoms with Gasteiger partial charge in [-0.15, -0.1) is 0 Å². The van der Waals surface area contributed by atoms with Crippen molar-refractivity contribution in [3.63, 3.8) is 0 Å². The van der Waals surface area contributed by atoms with Crippen LogP contribution in [0.1, 0.15) is 39.0 Å². The molecule has 0 aromatic rings. The quantitative estimate of drug-likeness (QED) is 0.800. The van der Waals surface area contributed by atoms with Crippen LogP contribution in [0.4, 0.5) is 0 Å². The molecule has 0 saturated carbocycles. The van der Waals surface area contributed by atoms with Gasteiger partial charge in [0.2, 0.25) is 5.91 Å². The summed E-state index contributed by atoms with van der Waals surface area (Å²) in [5.41, 5.74) is 0. The summed E-state index contributed by atoms with van der Waals surface area (Å²) in [5, 5.41) is 3.37. The van der Waals surface area contributed by atoms with Crippen LogP contribution >= 0.6 is 0 Å². The molecule has 0 aromatic heterocycles. The number of carbonyl (C=O) groups excluding carboxylic acids is 1. The van der Waals surface area contributed by atoms with Gasteiger partial charge in [0, 0.05) is 38.8 Å². The number of likely N-dealkylation sites (tertiary alicyclic amines) is 1. The van der Waals surface area contributed by atoms with E-state index in [1.807, 2.05) is 0 Å². The van der Waals surface area contributed by atoms with E-state index in [9.17, 15) is 4.79 Å². The van der Waals surface area contributed by atoms with Crippen LogP contribution in [0, 0.1) is 0 Å². The van der Waals surface area contributed by atoms with Crippen LogP contribution in [0.25, 0.3) is 0 Å². The lowest BCUT2D eigenvalue weighted by atomic mass is 10.1. The van der Waals surface area contributed by atoms with Crippen LogP contribution in [-0.4, -0.2) is 61.0 Å². The topological polar surface area (TPSA) is 35.6 Å². The lowest BCUT2D eigenvalue weighted by molar-refractivity contribution is -0.133. The molecular weight excluding hydrogens is 226 g/mol. The van der Waals surface area contributed by atoms with Gasteiger partial charge in [0.15, 0.2) is 0 Å². The van der Waals surface area contributed by atoms with Crippen LogP contribution in [0.2, 0.25) is 0 Å². The van der Waals surface area contributed by atoms with Gasteiger partial charge in [0.1, 0.15) is 0 Å². The Labute approximate surface area is 111 Å². The normalized spacial score (nSPS) is 27.6. The first-order chi connectivity index (χ1) is 8.77. The summed E-state index contributed by atoms with van der Waals surface area (Å²) in [5.74, 6) is 0.339. The summed E-state index contributed by atoms with van der Waals surface area (Å²) < 4.78 is 0. The summed E-state index contributed by atoms with van der Waals surface area (Å²) in [6.07, 6.45) is 6.28. The number of hydrogen-bond acceptors (Lipinski definition) is 3. The fraction of sp³-hybridized carbons (Fsp3) is 0.929. The molecule has 0 unspecified atom stereocenters. The summed E-state index contributed by atoms with van der Waals surface area (Å²) in [6, 6.07) is 0.484. The number of piperazine rings is 1. The number of hydrogen-bond donors (Lipinski definition) is 1. The van der Waals surface area contributed by atoms with Gasteiger partial charge in [-0.25, -0.2) is 0 Å². The van der Waals surface area contributed by atoms with E-state index in [1.165, 1.54) is 32.1 Å². The number of nitrogens with zero attached hydrogens (tertiary/aromatic N) is 2. The predicted octanol–water partition coefficient (Wildman–Crippen LogP) is 1.07. The number of carbonyl (C=O) groups is 1. The van der Waals surface area contributed by atoms with Gasteiger partial charge in [-0.3, -0.25) is 9.69 Å². The van der Waals surface area contributed by atoms with Gasteiger partial charge in [-0.2, -0.15) is 0 Å². The van der Waals surface area contributed by atoms with Gasteiger partial charge in [0.05, 0.1) is 6.54 Å². The van der Waals surface area contributed by atoms with Crippen molar-refractivity contribution in [2.24, 2.45) is 0 Å². The monoisotopic (exact) mass is 253 g/mol. The van der Waals surface area contributed by atoms with Crippen LogP contribution in [-0.2, 0) is 4.79 Å². The molecule has 0 radical (unpaired) electrons. The molecule has 1 amide bonds. The van der Waals surface area contributed by atoms with Crippen molar-refractivity contribution in [1.82, 2.24) is 15.1 Å². The average molecular weight is 253 g/mol. The van der Waals surface area contributed by atoms with Crippen LogP contribution in [0.5, 0.6) is 0 Å². The lowest BCUT2D eigenvalue weighted by Gasteiger charge is -2.35. The molecule has 2 saturated heterocycles. The van der Waals surface area contributed by atoms with E-state index in [4.69, 9.17) is 0 Å². The zero-order valence-electron chi connectivity index (χ0n) is 11.7. The Balaban J connectivity index is 1.81. The molecule has 2 heterocycles. The molecule has 4 heteroatoms. The molecule has 2 aliphatic rings. The molecule has 0 bridgehead atoms. The molecule has 2 rings (SSSR count). The summed E-state index contributed by atoms with van der Waals surface area (Å²) in [7, 11) is 0. The highest BCUT2D eigenvalue weighted by Crippen LogP contribution is 2.11. The SMILES string of the molecule is C[C@@H]1CNCCN1CC(=O)N1CCCCCCC1. The number of rotatable bonds is 2. The first kappa shape index (κ1) is 13.8. The molecule has 1 atom stereocenters. The molecule has 104 valence electrons. The fourth-order valence-corrected chi connectivity index (χ4v) is 2.89. The van der Waals surface area contributed by atoms with Gasteiger partial charge in [-0.05, 0) is 19.8 Å². The first-order valence-electron chi connectivity index (χ1n) is 7.50. The summed E-state index contributed by atoms with van der Waals surface area (Å²) in [4.78, 5) is 16.7. The smallest absolute Gasteiger partial charge is 0.236 e. The van der Waals surface area contributed by atoms with Gasteiger partial charge in [0.25, 0.3) is 0 Å².